The van der Waals surface area contributed by atoms with Crippen LogP contribution in [0.1, 0.15) is 15.9 Å². The molecule has 1 aromatic carbocycles. The average Bonchev–Trinajstić information content (AvgIpc) is 2.25. The topological polar surface area (TPSA) is 32.3 Å². The molecule has 0 heterocycles. The van der Waals surface area contributed by atoms with Crippen molar-refractivity contribution in [2.24, 2.45) is 0 Å². The summed E-state index contributed by atoms with van der Waals surface area (Å²) in [6, 6.07) is 7.67. The molecule has 0 aliphatic carbocycles. The summed E-state index contributed by atoms with van der Waals surface area (Å²) in [5, 5.41) is 3.03. The lowest BCUT2D eigenvalue weighted by atomic mass is 10.1. The summed E-state index contributed by atoms with van der Waals surface area (Å²) in [4.78, 5) is 13.7. The van der Waals surface area contributed by atoms with Crippen molar-refractivity contribution in [1.82, 2.24) is 10.2 Å². The van der Waals surface area contributed by atoms with Crippen LogP contribution in [0.25, 0.3) is 0 Å². The molecule has 0 aromatic heterocycles. The van der Waals surface area contributed by atoms with Gasteiger partial charge < -0.3 is 10.2 Å². The Hall–Kier alpha value is -1.06. The Kier molecular flexibility index (Phi) is 6.77. The first-order valence-electron chi connectivity index (χ1n) is 5.12. The zero-order chi connectivity index (χ0) is 11.3. The van der Waals surface area contributed by atoms with E-state index in [1.807, 2.05) is 45.3 Å². The number of aryl methyl sites for hydroxylation is 1. The van der Waals surface area contributed by atoms with E-state index in [2.05, 4.69) is 5.32 Å². The minimum absolute atomic E-state index is 0. The van der Waals surface area contributed by atoms with E-state index >= 15 is 0 Å². The molecule has 0 radical (unpaired) electrons. The van der Waals surface area contributed by atoms with Crippen LogP contribution in [0, 0.1) is 6.92 Å². The van der Waals surface area contributed by atoms with E-state index in [1.54, 1.807) is 4.90 Å². The molecule has 1 aromatic rings. The standard InChI is InChI=1S/C12H18N2O.ClH/c1-10-6-4-5-7-11(10)12(15)14(3)9-8-13-2;/h4-7,13H,8-9H2,1-3H3;1H. The van der Waals surface area contributed by atoms with Gasteiger partial charge in [-0.3, -0.25) is 4.79 Å². The second-order valence-corrected chi connectivity index (χ2v) is 3.65. The normalized spacial score (nSPS) is 9.44. The minimum atomic E-state index is 0. The number of benzene rings is 1. The van der Waals surface area contributed by atoms with E-state index in [4.69, 9.17) is 0 Å². The van der Waals surface area contributed by atoms with E-state index in [9.17, 15) is 4.79 Å². The Morgan fingerprint density at radius 3 is 2.56 bits per heavy atom. The van der Waals surface area contributed by atoms with Crippen LogP contribution in [-0.4, -0.2) is 38.0 Å². The molecule has 1 N–H and O–H groups in total. The van der Waals surface area contributed by atoms with E-state index in [1.165, 1.54) is 0 Å². The molecular weight excluding hydrogens is 224 g/mol. The van der Waals surface area contributed by atoms with Crippen molar-refractivity contribution in [3.63, 3.8) is 0 Å². The molecule has 0 saturated carbocycles. The number of nitrogens with zero attached hydrogens (tertiary/aromatic N) is 1. The smallest absolute Gasteiger partial charge is 0.253 e. The van der Waals surface area contributed by atoms with Gasteiger partial charge in [0.05, 0.1) is 0 Å². The van der Waals surface area contributed by atoms with Crippen LogP contribution in [0.2, 0.25) is 0 Å². The van der Waals surface area contributed by atoms with E-state index in [0.717, 1.165) is 24.2 Å². The van der Waals surface area contributed by atoms with Gasteiger partial charge >= 0.3 is 0 Å². The monoisotopic (exact) mass is 242 g/mol. The summed E-state index contributed by atoms with van der Waals surface area (Å²) in [7, 11) is 3.71. The third-order valence-electron chi connectivity index (χ3n) is 2.42. The maximum atomic E-state index is 12.0. The molecule has 1 amide bonds. The molecule has 90 valence electrons. The predicted molar refractivity (Wildman–Crippen MR) is 69.3 cm³/mol. The Morgan fingerprint density at radius 2 is 2.00 bits per heavy atom. The first kappa shape index (κ1) is 14.9. The fourth-order valence-corrected chi connectivity index (χ4v) is 1.40. The number of hydrogen-bond acceptors (Lipinski definition) is 2. The molecule has 3 nitrogen and oxygen atoms in total. The maximum Gasteiger partial charge on any atom is 0.253 e. The van der Waals surface area contributed by atoms with Gasteiger partial charge in [0, 0.05) is 25.7 Å². The number of carbonyl (C=O) groups excluding carboxylic acids is 1. The third-order valence-corrected chi connectivity index (χ3v) is 2.42. The zero-order valence-corrected chi connectivity index (χ0v) is 10.8. The van der Waals surface area contributed by atoms with Crippen molar-refractivity contribution >= 4 is 18.3 Å². The number of rotatable bonds is 4. The lowest BCUT2D eigenvalue weighted by Crippen LogP contribution is -2.33. The molecule has 0 atom stereocenters. The van der Waals surface area contributed by atoms with Crippen molar-refractivity contribution in [3.05, 3.63) is 35.4 Å². The van der Waals surface area contributed by atoms with Crippen LogP contribution >= 0.6 is 12.4 Å². The lowest BCUT2D eigenvalue weighted by Gasteiger charge is -2.17. The molecule has 0 bridgehead atoms. The quantitative estimate of drug-likeness (QED) is 0.872. The van der Waals surface area contributed by atoms with Gasteiger partial charge in [0.25, 0.3) is 5.91 Å². The first-order valence-corrected chi connectivity index (χ1v) is 5.12. The number of carbonyl (C=O) groups is 1. The van der Waals surface area contributed by atoms with Gasteiger partial charge in [-0.25, -0.2) is 0 Å². The molecule has 0 aliphatic rings. The van der Waals surface area contributed by atoms with E-state index in [0.29, 0.717) is 0 Å². The largest absolute Gasteiger partial charge is 0.340 e. The summed E-state index contributed by atoms with van der Waals surface area (Å²) in [6.45, 7) is 3.50. The van der Waals surface area contributed by atoms with Crippen molar-refractivity contribution in [2.45, 2.75) is 6.92 Å². The second-order valence-electron chi connectivity index (χ2n) is 3.65. The van der Waals surface area contributed by atoms with Crippen molar-refractivity contribution < 1.29 is 4.79 Å². The SMILES string of the molecule is CNCCN(C)C(=O)c1ccccc1C.Cl. The highest BCUT2D eigenvalue weighted by molar-refractivity contribution is 5.95. The van der Waals surface area contributed by atoms with Crippen LogP contribution in [0.4, 0.5) is 0 Å². The van der Waals surface area contributed by atoms with Crippen LogP contribution in [0.15, 0.2) is 24.3 Å². The molecule has 4 heteroatoms. The van der Waals surface area contributed by atoms with Crippen LogP contribution in [0.5, 0.6) is 0 Å². The van der Waals surface area contributed by atoms with Gasteiger partial charge in [-0.15, -0.1) is 12.4 Å². The van der Waals surface area contributed by atoms with E-state index < -0.39 is 0 Å². The number of nitrogens with one attached hydrogen (secondary N) is 1. The third kappa shape index (κ3) is 3.83. The highest BCUT2D eigenvalue weighted by Gasteiger charge is 2.12. The van der Waals surface area contributed by atoms with Crippen molar-refractivity contribution in [1.29, 1.82) is 0 Å². The number of likely N-dealkylation sites (N-methyl/N-ethyl adjacent to an activating group) is 2. The van der Waals surface area contributed by atoms with Gasteiger partial charge in [0.2, 0.25) is 0 Å². The Labute approximate surface area is 103 Å². The Bertz CT molecular complexity index is 342. The highest BCUT2D eigenvalue weighted by atomic mass is 35.5. The van der Waals surface area contributed by atoms with Gasteiger partial charge in [-0.1, -0.05) is 18.2 Å². The summed E-state index contributed by atoms with van der Waals surface area (Å²) >= 11 is 0. The molecule has 0 saturated heterocycles. The fraction of sp³-hybridized carbons (Fsp3) is 0.417. The van der Waals surface area contributed by atoms with Gasteiger partial charge in [0.15, 0.2) is 0 Å². The van der Waals surface area contributed by atoms with Gasteiger partial charge in [-0.05, 0) is 25.6 Å². The molecule has 16 heavy (non-hydrogen) atoms. The van der Waals surface area contributed by atoms with Crippen molar-refractivity contribution in [3.8, 4) is 0 Å². The first-order chi connectivity index (χ1) is 7.16. The fourth-order valence-electron chi connectivity index (χ4n) is 1.40. The van der Waals surface area contributed by atoms with Crippen LogP contribution < -0.4 is 5.32 Å². The average molecular weight is 243 g/mol. The summed E-state index contributed by atoms with van der Waals surface area (Å²) in [5.74, 6) is 0.0864. The maximum absolute atomic E-state index is 12.0. The van der Waals surface area contributed by atoms with Crippen LogP contribution in [0.3, 0.4) is 0 Å². The zero-order valence-electron chi connectivity index (χ0n) is 9.99. The van der Waals surface area contributed by atoms with Gasteiger partial charge in [0.1, 0.15) is 0 Å². The molecule has 0 fully saturated rings. The number of amides is 1. The molecule has 0 spiro atoms. The summed E-state index contributed by atoms with van der Waals surface area (Å²) < 4.78 is 0. The predicted octanol–water partition coefficient (Wildman–Crippen LogP) is 1.71. The number of hydrogen-bond donors (Lipinski definition) is 1. The van der Waals surface area contributed by atoms with Crippen molar-refractivity contribution in [2.75, 3.05) is 27.2 Å². The molecule has 0 aliphatic heterocycles. The van der Waals surface area contributed by atoms with E-state index in [-0.39, 0.29) is 18.3 Å². The Balaban J connectivity index is 0.00000225. The second kappa shape index (κ2) is 7.25. The Morgan fingerprint density at radius 1 is 1.38 bits per heavy atom. The van der Waals surface area contributed by atoms with Gasteiger partial charge in [-0.2, -0.15) is 0 Å². The molecule has 1 rings (SSSR count). The minimum Gasteiger partial charge on any atom is -0.340 e. The summed E-state index contributed by atoms with van der Waals surface area (Å²) in [6.07, 6.45) is 0. The molecular formula is C12H19ClN2O. The lowest BCUT2D eigenvalue weighted by molar-refractivity contribution is 0.0796. The molecule has 0 unspecified atom stereocenters. The number of halogens is 1. The highest BCUT2D eigenvalue weighted by Crippen LogP contribution is 2.09. The summed E-state index contributed by atoms with van der Waals surface area (Å²) in [5.41, 5.74) is 1.81. The van der Waals surface area contributed by atoms with Crippen LogP contribution in [-0.2, 0) is 0 Å².